The fourth-order valence-electron chi connectivity index (χ4n) is 2.69. The standard InChI is InChI=1S/C18H20FN3O2S/c1-10(2)22-17(23)16-14(7-11(3)20-16)21-18(22)25-9-12-5-6-15(24-4)13(19)8-12/h5-8,10,20H,9H2,1-4H3. The number of nitrogens with one attached hydrogen (secondary N) is 1. The van der Waals surface area contributed by atoms with Crippen LogP contribution in [0, 0.1) is 12.7 Å². The normalized spacial score (nSPS) is 11.4. The molecule has 0 aliphatic heterocycles. The summed E-state index contributed by atoms with van der Waals surface area (Å²) in [4.78, 5) is 20.5. The Morgan fingerprint density at radius 2 is 2.12 bits per heavy atom. The first-order valence-corrected chi connectivity index (χ1v) is 8.96. The summed E-state index contributed by atoms with van der Waals surface area (Å²) in [5.74, 6) is 0.330. The smallest absolute Gasteiger partial charge is 0.278 e. The molecule has 0 radical (unpaired) electrons. The van der Waals surface area contributed by atoms with Gasteiger partial charge in [0.05, 0.1) is 12.6 Å². The Morgan fingerprint density at radius 3 is 2.76 bits per heavy atom. The van der Waals surface area contributed by atoms with Crippen molar-refractivity contribution in [2.75, 3.05) is 7.11 Å². The van der Waals surface area contributed by atoms with E-state index >= 15 is 0 Å². The molecule has 1 aromatic carbocycles. The maximum absolute atomic E-state index is 13.8. The van der Waals surface area contributed by atoms with Gasteiger partial charge in [-0.25, -0.2) is 9.37 Å². The third-order valence-corrected chi connectivity index (χ3v) is 4.91. The molecule has 0 spiro atoms. The van der Waals surface area contributed by atoms with Crippen molar-refractivity contribution in [2.24, 2.45) is 0 Å². The van der Waals surface area contributed by atoms with Gasteiger partial charge in [-0.3, -0.25) is 9.36 Å². The summed E-state index contributed by atoms with van der Waals surface area (Å²) in [6, 6.07) is 6.70. The van der Waals surface area contributed by atoms with Crippen LogP contribution in [0.15, 0.2) is 34.2 Å². The van der Waals surface area contributed by atoms with Gasteiger partial charge in [0.25, 0.3) is 5.56 Å². The molecule has 0 aliphatic carbocycles. The highest BCUT2D eigenvalue weighted by Crippen LogP contribution is 2.26. The minimum Gasteiger partial charge on any atom is -0.494 e. The predicted molar refractivity (Wildman–Crippen MR) is 98.0 cm³/mol. The number of benzene rings is 1. The van der Waals surface area contributed by atoms with E-state index in [9.17, 15) is 9.18 Å². The average molecular weight is 361 g/mol. The molecule has 0 saturated carbocycles. The number of fused-ring (bicyclic) bond motifs is 1. The highest BCUT2D eigenvalue weighted by Gasteiger charge is 2.16. The molecule has 0 fully saturated rings. The van der Waals surface area contributed by atoms with Crippen molar-refractivity contribution in [1.82, 2.24) is 14.5 Å². The number of hydrogen-bond acceptors (Lipinski definition) is 4. The molecule has 7 heteroatoms. The van der Waals surface area contributed by atoms with E-state index in [1.165, 1.54) is 24.9 Å². The van der Waals surface area contributed by atoms with E-state index in [1.54, 1.807) is 10.6 Å². The molecule has 0 amide bonds. The molecule has 0 saturated heterocycles. The number of halogens is 1. The number of ether oxygens (including phenoxy) is 1. The third kappa shape index (κ3) is 3.42. The lowest BCUT2D eigenvalue weighted by Gasteiger charge is -2.15. The Morgan fingerprint density at radius 1 is 1.36 bits per heavy atom. The van der Waals surface area contributed by atoms with Crippen molar-refractivity contribution < 1.29 is 9.13 Å². The van der Waals surface area contributed by atoms with Crippen LogP contribution in [0.4, 0.5) is 4.39 Å². The van der Waals surface area contributed by atoms with E-state index in [-0.39, 0.29) is 17.4 Å². The largest absolute Gasteiger partial charge is 0.494 e. The topological polar surface area (TPSA) is 59.9 Å². The zero-order valence-corrected chi connectivity index (χ0v) is 15.4. The molecular weight excluding hydrogens is 341 g/mol. The SMILES string of the molecule is COc1ccc(CSc2nc3cc(C)[nH]c3c(=O)n2C(C)C)cc1F. The first kappa shape index (κ1) is 17.5. The first-order chi connectivity index (χ1) is 11.9. The Hall–Kier alpha value is -2.28. The lowest BCUT2D eigenvalue weighted by molar-refractivity contribution is 0.386. The van der Waals surface area contributed by atoms with E-state index in [0.29, 0.717) is 21.9 Å². The monoisotopic (exact) mass is 361 g/mol. The minimum atomic E-state index is -0.397. The van der Waals surface area contributed by atoms with Crippen LogP contribution in [-0.4, -0.2) is 21.6 Å². The molecule has 2 heterocycles. The first-order valence-electron chi connectivity index (χ1n) is 7.97. The van der Waals surface area contributed by atoms with Crippen LogP contribution in [0.2, 0.25) is 0 Å². The molecule has 25 heavy (non-hydrogen) atoms. The molecule has 3 aromatic rings. The quantitative estimate of drug-likeness (QED) is 0.550. The van der Waals surface area contributed by atoms with Crippen molar-refractivity contribution in [1.29, 1.82) is 0 Å². The van der Waals surface area contributed by atoms with Crippen LogP contribution in [0.3, 0.4) is 0 Å². The van der Waals surface area contributed by atoms with Gasteiger partial charge in [-0.05, 0) is 44.5 Å². The van der Waals surface area contributed by atoms with E-state index in [0.717, 1.165) is 11.3 Å². The number of aromatic nitrogens is 3. The third-order valence-electron chi connectivity index (χ3n) is 3.89. The molecular formula is C18H20FN3O2S. The van der Waals surface area contributed by atoms with E-state index in [1.807, 2.05) is 32.9 Å². The van der Waals surface area contributed by atoms with Crippen LogP contribution in [0.5, 0.6) is 5.75 Å². The summed E-state index contributed by atoms with van der Waals surface area (Å²) in [5.41, 5.74) is 2.79. The van der Waals surface area contributed by atoms with Crippen molar-refractivity contribution in [3.8, 4) is 5.75 Å². The maximum Gasteiger partial charge on any atom is 0.278 e. The zero-order chi connectivity index (χ0) is 18.1. The molecule has 2 aromatic heterocycles. The van der Waals surface area contributed by atoms with Crippen molar-refractivity contribution in [2.45, 2.75) is 37.7 Å². The minimum absolute atomic E-state index is 0.0249. The molecule has 3 rings (SSSR count). The van der Waals surface area contributed by atoms with Gasteiger partial charge in [-0.2, -0.15) is 0 Å². The van der Waals surface area contributed by atoms with Crippen LogP contribution in [-0.2, 0) is 5.75 Å². The van der Waals surface area contributed by atoms with E-state index in [4.69, 9.17) is 4.74 Å². The molecule has 132 valence electrons. The number of methoxy groups -OCH3 is 1. The summed E-state index contributed by atoms with van der Waals surface area (Å²) in [7, 11) is 1.44. The zero-order valence-electron chi connectivity index (χ0n) is 14.6. The number of aryl methyl sites for hydroxylation is 1. The van der Waals surface area contributed by atoms with Gasteiger partial charge in [0, 0.05) is 17.5 Å². The summed E-state index contributed by atoms with van der Waals surface area (Å²) in [6.07, 6.45) is 0. The number of rotatable bonds is 5. The van der Waals surface area contributed by atoms with Crippen molar-refractivity contribution in [3.63, 3.8) is 0 Å². The van der Waals surface area contributed by atoms with E-state index in [2.05, 4.69) is 9.97 Å². The second kappa shape index (κ2) is 6.92. The Balaban J connectivity index is 1.96. The van der Waals surface area contributed by atoms with Crippen molar-refractivity contribution >= 4 is 22.8 Å². The number of thioether (sulfide) groups is 1. The number of nitrogens with zero attached hydrogens (tertiary/aromatic N) is 2. The summed E-state index contributed by atoms with van der Waals surface area (Å²) in [5, 5.41) is 0.628. The fourth-order valence-corrected chi connectivity index (χ4v) is 3.77. The molecule has 0 atom stereocenters. The number of H-pyrrole nitrogens is 1. The summed E-state index contributed by atoms with van der Waals surface area (Å²) in [6.45, 7) is 5.79. The van der Waals surface area contributed by atoms with Crippen LogP contribution in [0.25, 0.3) is 11.0 Å². The lowest BCUT2D eigenvalue weighted by atomic mass is 10.2. The second-order valence-electron chi connectivity index (χ2n) is 6.13. The molecule has 0 unspecified atom stereocenters. The second-order valence-corrected chi connectivity index (χ2v) is 7.08. The summed E-state index contributed by atoms with van der Waals surface area (Å²) < 4.78 is 20.5. The van der Waals surface area contributed by atoms with Gasteiger partial charge in [-0.15, -0.1) is 0 Å². The maximum atomic E-state index is 13.8. The number of aromatic amines is 1. The highest BCUT2D eigenvalue weighted by molar-refractivity contribution is 7.98. The van der Waals surface area contributed by atoms with Gasteiger partial charge in [-0.1, -0.05) is 17.8 Å². The van der Waals surface area contributed by atoms with Gasteiger partial charge < -0.3 is 9.72 Å². The highest BCUT2D eigenvalue weighted by atomic mass is 32.2. The van der Waals surface area contributed by atoms with Crippen molar-refractivity contribution in [3.05, 3.63) is 51.7 Å². The fraction of sp³-hybridized carbons (Fsp3) is 0.333. The van der Waals surface area contributed by atoms with Crippen LogP contribution in [0.1, 0.15) is 31.1 Å². The van der Waals surface area contributed by atoms with Crippen LogP contribution >= 0.6 is 11.8 Å². The Labute approximate surface area is 149 Å². The Kier molecular flexibility index (Phi) is 4.85. The van der Waals surface area contributed by atoms with Gasteiger partial charge >= 0.3 is 0 Å². The number of hydrogen-bond donors (Lipinski definition) is 1. The molecule has 1 N–H and O–H groups in total. The molecule has 0 aliphatic rings. The summed E-state index contributed by atoms with van der Waals surface area (Å²) >= 11 is 1.42. The van der Waals surface area contributed by atoms with Gasteiger partial charge in [0.2, 0.25) is 0 Å². The van der Waals surface area contributed by atoms with E-state index < -0.39 is 5.82 Å². The Bertz CT molecular complexity index is 978. The predicted octanol–water partition coefficient (Wildman–Crippen LogP) is 4.05. The molecule has 5 nitrogen and oxygen atoms in total. The average Bonchev–Trinajstić information content (AvgIpc) is 2.93. The molecule has 0 bridgehead atoms. The van der Waals surface area contributed by atoms with Gasteiger partial charge in [0.15, 0.2) is 16.7 Å². The van der Waals surface area contributed by atoms with Crippen LogP contribution < -0.4 is 10.3 Å². The lowest BCUT2D eigenvalue weighted by Crippen LogP contribution is -2.25. The van der Waals surface area contributed by atoms with Gasteiger partial charge in [0.1, 0.15) is 5.52 Å².